The highest BCUT2D eigenvalue weighted by Gasteiger charge is 2.43. The normalized spacial score (nSPS) is 24.6. The summed E-state index contributed by atoms with van der Waals surface area (Å²) >= 11 is 5.66. The molecule has 1 aromatic heterocycles. The summed E-state index contributed by atoms with van der Waals surface area (Å²) in [6.07, 6.45) is 4.54. The van der Waals surface area contributed by atoms with Gasteiger partial charge in [0.25, 0.3) is 5.92 Å². The second-order valence-corrected chi connectivity index (χ2v) is 4.25. The third kappa shape index (κ3) is 2.14. The molecule has 2 nitrogen and oxygen atoms in total. The van der Waals surface area contributed by atoms with Crippen molar-refractivity contribution in [2.75, 3.05) is 0 Å². The van der Waals surface area contributed by atoms with Crippen LogP contribution in [-0.2, 0) is 12.4 Å². The Balaban J connectivity index is 2.08. The number of hydrogen-bond donors (Lipinski definition) is 0. The van der Waals surface area contributed by atoms with Crippen LogP contribution in [0.5, 0.6) is 0 Å². The molecule has 1 heterocycles. The predicted octanol–water partition coefficient (Wildman–Crippen LogP) is 3.06. The third-order valence-corrected chi connectivity index (χ3v) is 3.24. The van der Waals surface area contributed by atoms with Crippen LogP contribution in [-0.4, -0.2) is 15.5 Å². The first-order valence-corrected chi connectivity index (χ1v) is 5.61. The van der Waals surface area contributed by atoms with Gasteiger partial charge in [0.2, 0.25) is 0 Å². The Morgan fingerprint density at radius 2 is 2.40 bits per heavy atom. The Kier molecular flexibility index (Phi) is 2.96. The summed E-state index contributed by atoms with van der Waals surface area (Å²) in [5.41, 5.74) is 0. The Bertz CT molecular complexity index is 338. The van der Waals surface area contributed by atoms with E-state index in [1.807, 2.05) is 0 Å². The van der Waals surface area contributed by atoms with Gasteiger partial charge in [-0.1, -0.05) is 0 Å². The van der Waals surface area contributed by atoms with Gasteiger partial charge in [-0.25, -0.2) is 13.8 Å². The maximum Gasteiger partial charge on any atom is 0.252 e. The number of hydrogen-bond acceptors (Lipinski definition) is 1. The van der Waals surface area contributed by atoms with E-state index >= 15 is 0 Å². The topological polar surface area (TPSA) is 17.8 Å². The number of aromatic nitrogens is 2. The SMILES string of the molecule is FC1(F)CCCC1Cn1ccnc1CCl. The largest absolute Gasteiger partial charge is 0.333 e. The predicted molar refractivity (Wildman–Crippen MR) is 54.1 cm³/mol. The molecule has 15 heavy (non-hydrogen) atoms. The first-order chi connectivity index (χ1) is 7.13. The average Bonchev–Trinajstić information content (AvgIpc) is 2.74. The van der Waals surface area contributed by atoms with Crippen LogP contribution in [0.4, 0.5) is 8.78 Å². The van der Waals surface area contributed by atoms with E-state index in [0.717, 1.165) is 0 Å². The van der Waals surface area contributed by atoms with E-state index in [4.69, 9.17) is 11.6 Å². The summed E-state index contributed by atoms with van der Waals surface area (Å²) < 4.78 is 28.5. The molecule has 2 rings (SSSR count). The minimum Gasteiger partial charge on any atom is -0.333 e. The Labute approximate surface area is 92.3 Å². The molecule has 1 atom stereocenters. The molecule has 1 aliphatic rings. The monoisotopic (exact) mass is 234 g/mol. The second kappa shape index (κ2) is 4.08. The van der Waals surface area contributed by atoms with Crippen molar-refractivity contribution < 1.29 is 8.78 Å². The van der Waals surface area contributed by atoms with E-state index in [2.05, 4.69) is 4.98 Å². The van der Waals surface area contributed by atoms with E-state index in [1.54, 1.807) is 17.0 Å². The van der Waals surface area contributed by atoms with Crippen LogP contribution in [0.2, 0.25) is 0 Å². The highest BCUT2D eigenvalue weighted by atomic mass is 35.5. The fourth-order valence-electron chi connectivity index (χ4n) is 2.10. The van der Waals surface area contributed by atoms with Crippen molar-refractivity contribution in [1.82, 2.24) is 9.55 Å². The Morgan fingerprint density at radius 3 is 3.00 bits per heavy atom. The molecule has 1 aromatic rings. The third-order valence-electron chi connectivity index (χ3n) is 3.00. The molecule has 1 fully saturated rings. The summed E-state index contributed by atoms with van der Waals surface area (Å²) in [6, 6.07) is 0. The van der Waals surface area contributed by atoms with Crippen LogP contribution < -0.4 is 0 Å². The lowest BCUT2D eigenvalue weighted by Crippen LogP contribution is -2.26. The zero-order valence-corrected chi connectivity index (χ0v) is 9.05. The van der Waals surface area contributed by atoms with Crippen molar-refractivity contribution in [3.05, 3.63) is 18.2 Å². The van der Waals surface area contributed by atoms with Crippen molar-refractivity contribution in [3.63, 3.8) is 0 Å². The van der Waals surface area contributed by atoms with Gasteiger partial charge in [-0.15, -0.1) is 11.6 Å². The van der Waals surface area contributed by atoms with Gasteiger partial charge >= 0.3 is 0 Å². The molecule has 0 saturated heterocycles. The summed E-state index contributed by atoms with van der Waals surface area (Å²) in [7, 11) is 0. The zero-order chi connectivity index (χ0) is 10.9. The zero-order valence-electron chi connectivity index (χ0n) is 8.30. The molecule has 0 amide bonds. The first kappa shape index (κ1) is 10.9. The highest BCUT2D eigenvalue weighted by molar-refractivity contribution is 6.16. The molecule has 5 heteroatoms. The van der Waals surface area contributed by atoms with Gasteiger partial charge in [-0.3, -0.25) is 0 Å². The molecule has 1 aliphatic carbocycles. The van der Waals surface area contributed by atoms with Gasteiger partial charge in [0.05, 0.1) is 5.88 Å². The molecule has 0 spiro atoms. The van der Waals surface area contributed by atoms with Crippen molar-refractivity contribution in [3.8, 4) is 0 Å². The molecule has 0 aromatic carbocycles. The van der Waals surface area contributed by atoms with Crippen LogP contribution in [0.1, 0.15) is 25.1 Å². The molecule has 0 aliphatic heterocycles. The van der Waals surface area contributed by atoms with Crippen molar-refractivity contribution >= 4 is 11.6 Å². The molecular formula is C10H13ClF2N2. The van der Waals surface area contributed by atoms with Crippen LogP contribution in [0.3, 0.4) is 0 Å². The minimum absolute atomic E-state index is 0.0164. The lowest BCUT2D eigenvalue weighted by molar-refractivity contribution is -0.0423. The van der Waals surface area contributed by atoms with E-state index in [1.165, 1.54) is 0 Å². The number of imidazole rings is 1. The van der Waals surface area contributed by atoms with Crippen molar-refractivity contribution in [1.29, 1.82) is 0 Å². The summed E-state index contributed by atoms with van der Waals surface area (Å²) in [5, 5.41) is 0. The standard InChI is InChI=1S/C10H13ClF2N2/c11-6-9-14-4-5-15(9)7-8-2-1-3-10(8,12)13/h4-5,8H,1-3,6-7H2. The highest BCUT2D eigenvalue weighted by Crippen LogP contribution is 2.41. The number of rotatable bonds is 3. The van der Waals surface area contributed by atoms with Gasteiger partial charge in [-0.05, 0) is 12.8 Å². The second-order valence-electron chi connectivity index (χ2n) is 3.98. The fourth-order valence-corrected chi connectivity index (χ4v) is 2.32. The van der Waals surface area contributed by atoms with E-state index < -0.39 is 11.8 Å². The lowest BCUT2D eigenvalue weighted by Gasteiger charge is -2.20. The van der Waals surface area contributed by atoms with Gasteiger partial charge < -0.3 is 4.57 Å². The average molecular weight is 235 g/mol. The molecule has 1 saturated carbocycles. The van der Waals surface area contributed by atoms with Crippen molar-refractivity contribution in [2.24, 2.45) is 5.92 Å². The molecular weight excluding hydrogens is 222 g/mol. The van der Waals surface area contributed by atoms with Crippen LogP contribution in [0.25, 0.3) is 0 Å². The lowest BCUT2D eigenvalue weighted by atomic mass is 10.1. The number of halogens is 3. The Hall–Kier alpha value is -0.640. The molecule has 84 valence electrons. The maximum atomic E-state index is 13.4. The quantitative estimate of drug-likeness (QED) is 0.735. The summed E-state index contributed by atoms with van der Waals surface area (Å²) in [4.78, 5) is 4.01. The summed E-state index contributed by atoms with van der Waals surface area (Å²) in [6.45, 7) is 0.328. The maximum absolute atomic E-state index is 13.4. The number of nitrogens with zero attached hydrogens (tertiary/aromatic N) is 2. The smallest absolute Gasteiger partial charge is 0.252 e. The Morgan fingerprint density at radius 1 is 1.60 bits per heavy atom. The first-order valence-electron chi connectivity index (χ1n) is 5.07. The number of alkyl halides is 3. The minimum atomic E-state index is -2.52. The van der Waals surface area contributed by atoms with Crippen LogP contribution >= 0.6 is 11.6 Å². The van der Waals surface area contributed by atoms with Gasteiger partial charge in [0, 0.05) is 31.3 Å². The molecule has 0 N–H and O–H groups in total. The van der Waals surface area contributed by atoms with Gasteiger partial charge in [0.1, 0.15) is 5.82 Å². The molecule has 0 radical (unpaired) electrons. The molecule has 1 unspecified atom stereocenters. The van der Waals surface area contributed by atoms with E-state index in [-0.39, 0.29) is 12.3 Å². The van der Waals surface area contributed by atoms with E-state index in [9.17, 15) is 8.78 Å². The van der Waals surface area contributed by atoms with Crippen LogP contribution in [0.15, 0.2) is 12.4 Å². The van der Waals surface area contributed by atoms with E-state index in [0.29, 0.717) is 25.2 Å². The molecule has 0 bridgehead atoms. The van der Waals surface area contributed by atoms with Gasteiger partial charge in [0.15, 0.2) is 0 Å². The van der Waals surface area contributed by atoms with Crippen LogP contribution in [0, 0.1) is 5.92 Å². The summed E-state index contributed by atoms with van der Waals surface area (Å²) in [5.74, 6) is -2.15. The van der Waals surface area contributed by atoms with Crippen molar-refractivity contribution in [2.45, 2.75) is 37.6 Å². The fraction of sp³-hybridized carbons (Fsp3) is 0.700. The van der Waals surface area contributed by atoms with Gasteiger partial charge in [-0.2, -0.15) is 0 Å².